The Kier molecular flexibility index (Phi) is 2.41. The molecule has 0 atom stereocenters. The Morgan fingerprint density at radius 2 is 1.93 bits per heavy atom. The van der Waals surface area contributed by atoms with Crippen LogP contribution in [0.15, 0.2) is 47.7 Å². The zero-order valence-electron chi connectivity index (χ0n) is 7.79. The van der Waals surface area contributed by atoms with Crippen molar-refractivity contribution in [1.29, 1.82) is 0 Å². The van der Waals surface area contributed by atoms with E-state index < -0.39 is 5.43 Å². The van der Waals surface area contributed by atoms with E-state index in [0.717, 1.165) is 0 Å². The summed E-state index contributed by atoms with van der Waals surface area (Å²) in [6.07, 6.45) is 2.92. The van der Waals surface area contributed by atoms with Gasteiger partial charge in [0.2, 0.25) is 5.43 Å². The van der Waals surface area contributed by atoms with E-state index in [2.05, 4.69) is 9.97 Å². The molecule has 0 radical (unpaired) electrons. The van der Waals surface area contributed by atoms with Crippen LogP contribution >= 0.6 is 0 Å². The molecule has 2 aromatic rings. The fraction of sp³-hybridized carbons (Fsp3) is 0. The molecule has 0 aliphatic carbocycles. The lowest BCUT2D eigenvalue weighted by Crippen LogP contribution is -1.95. The molecule has 0 bridgehead atoms. The van der Waals surface area contributed by atoms with E-state index in [-0.39, 0.29) is 5.75 Å². The van der Waals surface area contributed by atoms with Crippen molar-refractivity contribution in [2.75, 3.05) is 0 Å². The molecule has 1 aromatic heterocycles. The molecule has 0 aliphatic heterocycles. The number of hydrogen-bond acceptors (Lipinski definition) is 4. The maximum atomic E-state index is 11.3. The predicted octanol–water partition coefficient (Wildman–Crippen LogP) is 1.21. The van der Waals surface area contributed by atoms with Gasteiger partial charge in [0.1, 0.15) is 6.33 Å². The highest BCUT2D eigenvalue weighted by atomic mass is 16.3. The molecule has 0 amide bonds. The number of nitrogens with zero attached hydrogens (tertiary/aromatic N) is 2. The molecular formula is C11H8N2O2. The fourth-order valence-corrected chi connectivity index (χ4v) is 1.24. The van der Waals surface area contributed by atoms with Crippen LogP contribution in [0, 0.1) is 0 Å². The highest BCUT2D eigenvalue weighted by Gasteiger charge is 2.05. The molecule has 2 rings (SSSR count). The average molecular weight is 200 g/mol. The molecule has 0 spiro atoms. The van der Waals surface area contributed by atoms with Crippen molar-refractivity contribution in [1.82, 2.24) is 9.97 Å². The number of hydrogen-bond donors (Lipinski definition) is 1. The van der Waals surface area contributed by atoms with Crippen LogP contribution in [0.25, 0.3) is 11.3 Å². The third kappa shape index (κ3) is 1.83. The molecule has 4 nitrogen and oxygen atoms in total. The Morgan fingerprint density at radius 1 is 1.13 bits per heavy atom. The van der Waals surface area contributed by atoms with Gasteiger partial charge in [-0.2, -0.15) is 0 Å². The van der Waals surface area contributed by atoms with E-state index in [1.54, 1.807) is 30.5 Å². The van der Waals surface area contributed by atoms with Gasteiger partial charge in [0.25, 0.3) is 0 Å². The number of rotatable bonds is 1. The van der Waals surface area contributed by atoms with E-state index in [1.165, 1.54) is 12.4 Å². The van der Waals surface area contributed by atoms with E-state index in [1.807, 2.05) is 0 Å². The maximum Gasteiger partial charge on any atom is 0.220 e. The standard InChI is InChI=1S/C11H8N2O2/c14-10-4-2-1-3-8(11(10)15)9-5-6-12-7-13-9/h1-7H,(H,14,15). The van der Waals surface area contributed by atoms with Gasteiger partial charge in [-0.3, -0.25) is 4.79 Å². The Labute approximate surface area is 85.9 Å². The van der Waals surface area contributed by atoms with E-state index >= 15 is 0 Å². The van der Waals surface area contributed by atoms with Gasteiger partial charge < -0.3 is 5.11 Å². The summed E-state index contributed by atoms with van der Waals surface area (Å²) in [7, 11) is 0. The van der Waals surface area contributed by atoms with Gasteiger partial charge in [-0.15, -0.1) is 0 Å². The molecule has 4 heteroatoms. The zero-order chi connectivity index (χ0) is 10.7. The minimum absolute atomic E-state index is 0.293. The van der Waals surface area contributed by atoms with Crippen molar-refractivity contribution in [3.63, 3.8) is 0 Å². The third-order valence-corrected chi connectivity index (χ3v) is 1.97. The molecular weight excluding hydrogens is 192 g/mol. The highest BCUT2D eigenvalue weighted by molar-refractivity contribution is 5.65. The first-order chi connectivity index (χ1) is 7.29. The molecule has 0 saturated heterocycles. The Morgan fingerprint density at radius 3 is 2.67 bits per heavy atom. The van der Waals surface area contributed by atoms with E-state index in [0.29, 0.717) is 11.3 Å². The van der Waals surface area contributed by atoms with Gasteiger partial charge in [-0.05, 0) is 18.2 Å². The summed E-state index contributed by atoms with van der Waals surface area (Å²) in [6.45, 7) is 0. The molecule has 1 heterocycles. The van der Waals surface area contributed by atoms with Crippen LogP contribution in [0.4, 0.5) is 0 Å². The second kappa shape index (κ2) is 3.88. The average Bonchev–Trinajstić information content (AvgIpc) is 2.44. The summed E-state index contributed by atoms with van der Waals surface area (Å²) in [5.74, 6) is -0.293. The van der Waals surface area contributed by atoms with Gasteiger partial charge in [-0.25, -0.2) is 9.97 Å². The highest BCUT2D eigenvalue weighted by Crippen LogP contribution is 2.21. The zero-order valence-corrected chi connectivity index (χ0v) is 7.79. The monoisotopic (exact) mass is 200 g/mol. The van der Waals surface area contributed by atoms with Crippen molar-refractivity contribution in [3.05, 3.63) is 53.1 Å². The van der Waals surface area contributed by atoms with Crippen molar-refractivity contribution >= 4 is 0 Å². The smallest absolute Gasteiger partial charge is 0.220 e. The minimum Gasteiger partial charge on any atom is -0.504 e. The van der Waals surface area contributed by atoms with Crippen molar-refractivity contribution in [3.8, 4) is 17.0 Å². The third-order valence-electron chi connectivity index (χ3n) is 1.97. The topological polar surface area (TPSA) is 63.1 Å². The van der Waals surface area contributed by atoms with E-state index in [9.17, 15) is 9.90 Å². The number of aromatic hydroxyl groups is 1. The number of aromatic nitrogens is 2. The minimum atomic E-state index is -0.423. The van der Waals surface area contributed by atoms with Crippen LogP contribution in [0.3, 0.4) is 0 Å². The van der Waals surface area contributed by atoms with Gasteiger partial charge >= 0.3 is 0 Å². The summed E-state index contributed by atoms with van der Waals surface area (Å²) >= 11 is 0. The quantitative estimate of drug-likeness (QED) is 0.751. The summed E-state index contributed by atoms with van der Waals surface area (Å²) in [6, 6.07) is 7.83. The molecule has 1 N–H and O–H groups in total. The van der Waals surface area contributed by atoms with Crippen molar-refractivity contribution < 1.29 is 5.11 Å². The lowest BCUT2D eigenvalue weighted by Gasteiger charge is -1.97. The van der Waals surface area contributed by atoms with Crippen LogP contribution in [0.5, 0.6) is 5.75 Å². The second-order valence-electron chi connectivity index (χ2n) is 2.94. The van der Waals surface area contributed by atoms with Gasteiger partial charge in [0.05, 0.1) is 5.69 Å². The Bertz CT molecular complexity index is 526. The summed E-state index contributed by atoms with van der Waals surface area (Å²) in [4.78, 5) is 19.1. The molecule has 0 saturated carbocycles. The first kappa shape index (κ1) is 9.33. The summed E-state index contributed by atoms with van der Waals surface area (Å²) in [5, 5.41) is 9.64. The lowest BCUT2D eigenvalue weighted by molar-refractivity contribution is 0.473. The van der Waals surface area contributed by atoms with Crippen molar-refractivity contribution in [2.45, 2.75) is 0 Å². The Balaban J connectivity index is 2.71. The van der Waals surface area contributed by atoms with E-state index in [4.69, 9.17) is 0 Å². The second-order valence-corrected chi connectivity index (χ2v) is 2.94. The largest absolute Gasteiger partial charge is 0.504 e. The molecule has 15 heavy (non-hydrogen) atoms. The molecule has 0 fully saturated rings. The first-order valence-electron chi connectivity index (χ1n) is 4.38. The fourth-order valence-electron chi connectivity index (χ4n) is 1.24. The van der Waals surface area contributed by atoms with Gasteiger partial charge in [0.15, 0.2) is 5.75 Å². The summed E-state index contributed by atoms with van der Waals surface area (Å²) in [5.41, 5.74) is 0.511. The first-order valence-corrected chi connectivity index (χ1v) is 4.38. The Hall–Kier alpha value is -2.23. The normalized spacial score (nSPS) is 9.87. The van der Waals surface area contributed by atoms with Crippen LogP contribution in [-0.4, -0.2) is 15.1 Å². The predicted molar refractivity (Wildman–Crippen MR) is 55.4 cm³/mol. The van der Waals surface area contributed by atoms with Crippen LogP contribution in [-0.2, 0) is 0 Å². The molecule has 1 aromatic carbocycles. The van der Waals surface area contributed by atoms with Gasteiger partial charge in [-0.1, -0.05) is 12.1 Å². The SMILES string of the molecule is O=c1ccccc(-c2ccncn2)c1O. The lowest BCUT2D eigenvalue weighted by atomic mass is 10.2. The molecule has 0 aliphatic rings. The summed E-state index contributed by atoms with van der Waals surface area (Å²) < 4.78 is 0. The van der Waals surface area contributed by atoms with Gasteiger partial charge in [0, 0.05) is 11.8 Å². The van der Waals surface area contributed by atoms with Crippen molar-refractivity contribution in [2.24, 2.45) is 0 Å². The maximum absolute atomic E-state index is 11.3. The molecule has 0 unspecified atom stereocenters. The molecule has 74 valence electrons. The van der Waals surface area contributed by atoms with Crippen LogP contribution in [0.2, 0.25) is 0 Å². The van der Waals surface area contributed by atoms with Crippen LogP contribution in [0.1, 0.15) is 0 Å². The van der Waals surface area contributed by atoms with Crippen LogP contribution < -0.4 is 5.43 Å².